The molecule has 0 bridgehead atoms. The van der Waals surface area contributed by atoms with Gasteiger partial charge in [0.25, 0.3) is 0 Å². The predicted molar refractivity (Wildman–Crippen MR) is 109 cm³/mol. The molecule has 2 aromatic carbocycles. The number of carbonyl (C=O) groups excluding carboxylic acids is 1. The SMILES string of the molecule is O=C1CCc2cc(S(=O)(=O)N3CCN(Cc4ccc(Cl)cc4)CC3)ccc2N1. The average Bonchev–Trinajstić information content (AvgIpc) is 2.69. The Morgan fingerprint density at radius 1 is 0.964 bits per heavy atom. The fourth-order valence-electron chi connectivity index (χ4n) is 3.65. The fourth-order valence-corrected chi connectivity index (χ4v) is 5.24. The molecule has 4 rings (SSSR count). The molecule has 1 saturated heterocycles. The maximum Gasteiger partial charge on any atom is 0.243 e. The number of benzene rings is 2. The molecule has 2 aromatic rings. The Labute approximate surface area is 170 Å². The number of nitrogens with one attached hydrogen (secondary N) is 1. The summed E-state index contributed by atoms with van der Waals surface area (Å²) in [5.41, 5.74) is 2.75. The van der Waals surface area contributed by atoms with Gasteiger partial charge in [0.15, 0.2) is 0 Å². The van der Waals surface area contributed by atoms with E-state index in [1.165, 1.54) is 0 Å². The first-order valence-electron chi connectivity index (χ1n) is 9.31. The zero-order chi connectivity index (χ0) is 19.7. The molecule has 2 aliphatic heterocycles. The van der Waals surface area contributed by atoms with Gasteiger partial charge in [-0.1, -0.05) is 23.7 Å². The van der Waals surface area contributed by atoms with E-state index >= 15 is 0 Å². The van der Waals surface area contributed by atoms with Gasteiger partial charge in [0, 0.05) is 49.9 Å². The Balaban J connectivity index is 1.42. The second-order valence-corrected chi connectivity index (χ2v) is 9.55. The molecule has 148 valence electrons. The number of hydrogen-bond donors (Lipinski definition) is 1. The van der Waals surface area contributed by atoms with Gasteiger partial charge in [0.05, 0.1) is 4.90 Å². The van der Waals surface area contributed by atoms with Crippen LogP contribution in [-0.2, 0) is 27.8 Å². The first kappa shape index (κ1) is 19.4. The highest BCUT2D eigenvalue weighted by Crippen LogP contribution is 2.27. The summed E-state index contributed by atoms with van der Waals surface area (Å²) in [6.45, 7) is 3.07. The zero-order valence-corrected chi connectivity index (χ0v) is 17.0. The van der Waals surface area contributed by atoms with Crippen molar-refractivity contribution in [3.8, 4) is 0 Å². The van der Waals surface area contributed by atoms with Gasteiger partial charge in [0.1, 0.15) is 0 Å². The van der Waals surface area contributed by atoms with Crippen LogP contribution in [0.15, 0.2) is 47.4 Å². The van der Waals surface area contributed by atoms with Crippen molar-refractivity contribution < 1.29 is 13.2 Å². The van der Waals surface area contributed by atoms with Crippen molar-refractivity contribution in [2.45, 2.75) is 24.3 Å². The molecule has 1 N–H and O–H groups in total. The van der Waals surface area contributed by atoms with E-state index in [4.69, 9.17) is 11.6 Å². The third kappa shape index (κ3) is 4.07. The van der Waals surface area contributed by atoms with Gasteiger partial charge in [-0.2, -0.15) is 4.31 Å². The first-order chi connectivity index (χ1) is 13.4. The Bertz CT molecular complexity index is 984. The number of halogens is 1. The second kappa shape index (κ2) is 7.83. The number of aryl methyl sites for hydroxylation is 1. The molecule has 0 aromatic heterocycles. The molecule has 0 aliphatic carbocycles. The van der Waals surface area contributed by atoms with Crippen LogP contribution in [0.5, 0.6) is 0 Å². The minimum atomic E-state index is -3.53. The molecule has 0 saturated carbocycles. The van der Waals surface area contributed by atoms with Crippen molar-refractivity contribution in [2.24, 2.45) is 0 Å². The zero-order valence-electron chi connectivity index (χ0n) is 15.4. The maximum absolute atomic E-state index is 13.0. The topological polar surface area (TPSA) is 69.7 Å². The molecule has 6 nitrogen and oxygen atoms in total. The lowest BCUT2D eigenvalue weighted by atomic mass is 10.0. The van der Waals surface area contributed by atoms with Crippen molar-refractivity contribution in [2.75, 3.05) is 31.5 Å². The van der Waals surface area contributed by atoms with Crippen molar-refractivity contribution in [3.63, 3.8) is 0 Å². The van der Waals surface area contributed by atoms with Crippen LogP contribution in [0, 0.1) is 0 Å². The lowest BCUT2D eigenvalue weighted by Crippen LogP contribution is -2.48. The lowest BCUT2D eigenvalue weighted by molar-refractivity contribution is -0.116. The van der Waals surface area contributed by atoms with E-state index in [0.29, 0.717) is 54.6 Å². The summed E-state index contributed by atoms with van der Waals surface area (Å²) in [5, 5.41) is 3.50. The molecule has 1 fully saturated rings. The molecule has 0 spiro atoms. The molecule has 0 atom stereocenters. The van der Waals surface area contributed by atoms with Gasteiger partial charge in [-0.15, -0.1) is 0 Å². The van der Waals surface area contributed by atoms with E-state index in [0.717, 1.165) is 17.7 Å². The monoisotopic (exact) mass is 419 g/mol. The predicted octanol–water partition coefficient (Wildman–Crippen LogP) is 2.73. The van der Waals surface area contributed by atoms with Crippen LogP contribution < -0.4 is 5.32 Å². The Morgan fingerprint density at radius 3 is 2.39 bits per heavy atom. The molecule has 2 heterocycles. The molecule has 8 heteroatoms. The van der Waals surface area contributed by atoms with Gasteiger partial charge in [-0.05, 0) is 47.9 Å². The quantitative estimate of drug-likeness (QED) is 0.827. The number of hydrogen-bond acceptors (Lipinski definition) is 4. The fraction of sp³-hybridized carbons (Fsp3) is 0.350. The highest BCUT2D eigenvalue weighted by molar-refractivity contribution is 7.89. The Morgan fingerprint density at radius 2 is 1.68 bits per heavy atom. The van der Waals surface area contributed by atoms with Gasteiger partial charge >= 0.3 is 0 Å². The summed E-state index contributed by atoms with van der Waals surface area (Å²) in [7, 11) is -3.53. The third-order valence-corrected chi connectivity index (χ3v) is 7.41. The van der Waals surface area contributed by atoms with Crippen LogP contribution in [0.1, 0.15) is 17.5 Å². The van der Waals surface area contributed by atoms with Crippen molar-refractivity contribution in [1.29, 1.82) is 0 Å². The Kier molecular flexibility index (Phi) is 5.42. The third-order valence-electron chi connectivity index (χ3n) is 5.26. The van der Waals surface area contributed by atoms with Gasteiger partial charge in [-0.3, -0.25) is 9.69 Å². The minimum absolute atomic E-state index is 0.0279. The normalized spacial score (nSPS) is 18.5. The van der Waals surface area contributed by atoms with Crippen LogP contribution in [0.25, 0.3) is 0 Å². The van der Waals surface area contributed by atoms with Crippen LogP contribution in [0.4, 0.5) is 5.69 Å². The number of anilines is 1. The number of rotatable bonds is 4. The van der Waals surface area contributed by atoms with E-state index in [-0.39, 0.29) is 5.91 Å². The van der Waals surface area contributed by atoms with E-state index < -0.39 is 10.0 Å². The number of amides is 1. The van der Waals surface area contributed by atoms with Gasteiger partial charge < -0.3 is 5.32 Å². The molecule has 0 unspecified atom stereocenters. The van der Waals surface area contributed by atoms with Crippen molar-refractivity contribution in [3.05, 3.63) is 58.6 Å². The average molecular weight is 420 g/mol. The molecule has 0 radical (unpaired) electrons. The highest BCUT2D eigenvalue weighted by atomic mass is 35.5. The van der Waals surface area contributed by atoms with E-state index in [2.05, 4.69) is 10.2 Å². The molecular weight excluding hydrogens is 398 g/mol. The summed E-state index contributed by atoms with van der Waals surface area (Å²) >= 11 is 5.93. The van der Waals surface area contributed by atoms with Crippen molar-refractivity contribution >= 4 is 33.2 Å². The molecule has 1 amide bonds. The molecular formula is C20H22ClN3O3S. The lowest BCUT2D eigenvalue weighted by Gasteiger charge is -2.34. The van der Waals surface area contributed by atoms with Crippen LogP contribution in [0.3, 0.4) is 0 Å². The first-order valence-corrected chi connectivity index (χ1v) is 11.1. The summed E-state index contributed by atoms with van der Waals surface area (Å²) in [6.07, 6.45) is 0.958. The highest BCUT2D eigenvalue weighted by Gasteiger charge is 2.29. The second-order valence-electron chi connectivity index (χ2n) is 7.17. The Hall–Kier alpha value is -1.93. The number of fused-ring (bicyclic) bond motifs is 1. The summed E-state index contributed by atoms with van der Waals surface area (Å²) in [4.78, 5) is 14.0. The van der Waals surface area contributed by atoms with Crippen molar-refractivity contribution in [1.82, 2.24) is 9.21 Å². The number of carbonyl (C=O) groups is 1. The molecule has 28 heavy (non-hydrogen) atoms. The number of sulfonamides is 1. The minimum Gasteiger partial charge on any atom is -0.326 e. The summed E-state index contributed by atoms with van der Waals surface area (Å²) < 4.78 is 27.6. The largest absolute Gasteiger partial charge is 0.326 e. The van der Waals surface area contributed by atoms with Crippen LogP contribution >= 0.6 is 11.6 Å². The smallest absolute Gasteiger partial charge is 0.243 e. The van der Waals surface area contributed by atoms with Crippen LogP contribution in [-0.4, -0.2) is 49.7 Å². The number of piperazine rings is 1. The van der Waals surface area contributed by atoms with E-state index in [1.54, 1.807) is 22.5 Å². The summed E-state index contributed by atoms with van der Waals surface area (Å²) in [6, 6.07) is 12.7. The maximum atomic E-state index is 13.0. The van der Waals surface area contributed by atoms with E-state index in [1.807, 2.05) is 24.3 Å². The van der Waals surface area contributed by atoms with Gasteiger partial charge in [0.2, 0.25) is 15.9 Å². The van der Waals surface area contributed by atoms with Gasteiger partial charge in [-0.25, -0.2) is 8.42 Å². The molecule has 2 aliphatic rings. The number of nitrogens with zero attached hydrogens (tertiary/aromatic N) is 2. The summed E-state index contributed by atoms with van der Waals surface area (Å²) in [5.74, 6) is -0.0279. The van der Waals surface area contributed by atoms with Crippen LogP contribution in [0.2, 0.25) is 5.02 Å². The standard InChI is InChI=1S/C20H22ClN3O3S/c21-17-4-1-15(2-5-17)14-23-9-11-24(12-10-23)28(26,27)18-6-7-19-16(13-18)3-8-20(25)22-19/h1-2,4-7,13H,3,8-12,14H2,(H,22,25). The van der Waals surface area contributed by atoms with E-state index in [9.17, 15) is 13.2 Å².